The normalized spacial score (nSPS) is 30.2. The smallest absolute Gasteiger partial charge is 0.331 e. The van der Waals surface area contributed by atoms with E-state index < -0.39 is 24.0 Å². The molecule has 1 aromatic rings. The van der Waals surface area contributed by atoms with E-state index in [0.717, 1.165) is 19.3 Å². The highest BCUT2D eigenvalue weighted by Gasteiger charge is 2.51. The largest absolute Gasteiger partial charge is 0.497 e. The molecular weight excluding hydrogens is 350 g/mol. The van der Waals surface area contributed by atoms with Crippen molar-refractivity contribution in [3.05, 3.63) is 24.3 Å². The fraction of sp³-hybridized carbons (Fsp3) is 0.600. The molecule has 148 valence electrons. The third-order valence-electron chi connectivity index (χ3n) is 5.96. The summed E-state index contributed by atoms with van der Waals surface area (Å²) in [6.45, 7) is 0.276. The molecule has 1 heterocycles. The van der Waals surface area contributed by atoms with E-state index in [1.165, 1.54) is 14.2 Å². The lowest BCUT2D eigenvalue weighted by atomic mass is 9.81. The first-order valence-corrected chi connectivity index (χ1v) is 9.26. The van der Waals surface area contributed by atoms with Crippen molar-refractivity contribution in [2.24, 2.45) is 17.8 Å². The molecule has 0 unspecified atom stereocenters. The minimum absolute atomic E-state index is 0.0183. The number of aliphatic hydroxyl groups is 1. The topological polar surface area (TPSA) is 85.3 Å². The predicted octanol–water partition coefficient (Wildman–Crippen LogP) is 1.62. The number of rotatable bonds is 4. The van der Waals surface area contributed by atoms with E-state index in [-0.39, 0.29) is 24.3 Å². The van der Waals surface area contributed by atoms with Crippen molar-refractivity contribution in [3.8, 4) is 5.75 Å². The van der Waals surface area contributed by atoms with Gasteiger partial charge in [-0.15, -0.1) is 0 Å². The summed E-state index contributed by atoms with van der Waals surface area (Å²) in [5.74, 6) is -0.773. The standard InChI is InChI=1S/C20H27NO6/c1-25-13-7-4-6-12(10-13)21-11-16(19(23)26-2)14-8-5-9-15(14)18(22)17(21)20(24)27-3/h4,6-7,10,14-18,22H,5,8-9,11H2,1-3H3/t14-,15-,16-,17+,18+/m0/s1. The maximum absolute atomic E-state index is 12.6. The number of ether oxygens (including phenoxy) is 3. The Morgan fingerprint density at radius 2 is 1.78 bits per heavy atom. The Morgan fingerprint density at radius 1 is 1.07 bits per heavy atom. The fourth-order valence-electron chi connectivity index (χ4n) is 4.66. The van der Waals surface area contributed by atoms with E-state index in [2.05, 4.69) is 0 Å². The number of aliphatic hydroxyl groups excluding tert-OH is 1. The fourth-order valence-corrected chi connectivity index (χ4v) is 4.66. The summed E-state index contributed by atoms with van der Waals surface area (Å²) in [5, 5.41) is 11.1. The SMILES string of the molecule is COC(=O)[C@H]1CN(c2cccc(OC)c2)[C@@H](C(=O)OC)[C@H](O)[C@H]2CCC[C@@H]21. The number of hydrogen-bond donors (Lipinski definition) is 1. The molecule has 0 aromatic heterocycles. The van der Waals surface area contributed by atoms with Gasteiger partial charge in [-0.2, -0.15) is 0 Å². The average molecular weight is 377 g/mol. The zero-order valence-electron chi connectivity index (χ0n) is 16.0. The van der Waals surface area contributed by atoms with Crippen LogP contribution in [0.5, 0.6) is 5.75 Å². The van der Waals surface area contributed by atoms with E-state index in [0.29, 0.717) is 11.4 Å². The number of carbonyl (C=O) groups is 2. The number of esters is 2. The molecule has 1 aliphatic heterocycles. The van der Waals surface area contributed by atoms with Gasteiger partial charge in [0.1, 0.15) is 5.75 Å². The van der Waals surface area contributed by atoms with Gasteiger partial charge >= 0.3 is 11.9 Å². The number of methoxy groups -OCH3 is 3. The highest BCUT2D eigenvalue weighted by atomic mass is 16.5. The van der Waals surface area contributed by atoms with E-state index >= 15 is 0 Å². The van der Waals surface area contributed by atoms with Gasteiger partial charge in [-0.1, -0.05) is 12.5 Å². The van der Waals surface area contributed by atoms with Gasteiger partial charge in [-0.05, 0) is 36.8 Å². The zero-order chi connectivity index (χ0) is 19.6. The number of anilines is 1. The van der Waals surface area contributed by atoms with Crippen LogP contribution in [0.2, 0.25) is 0 Å². The van der Waals surface area contributed by atoms with E-state index in [4.69, 9.17) is 14.2 Å². The average Bonchev–Trinajstić information content (AvgIpc) is 3.15. The van der Waals surface area contributed by atoms with Crippen molar-refractivity contribution in [1.82, 2.24) is 0 Å². The van der Waals surface area contributed by atoms with Crippen LogP contribution in [-0.4, -0.2) is 57.1 Å². The Hall–Kier alpha value is -2.28. The van der Waals surface area contributed by atoms with Gasteiger partial charge < -0.3 is 24.2 Å². The zero-order valence-corrected chi connectivity index (χ0v) is 16.0. The molecule has 1 saturated heterocycles. The molecule has 0 bridgehead atoms. The summed E-state index contributed by atoms with van der Waals surface area (Å²) >= 11 is 0. The monoisotopic (exact) mass is 377 g/mol. The third kappa shape index (κ3) is 3.60. The molecule has 0 amide bonds. The molecule has 3 rings (SSSR count). The van der Waals surface area contributed by atoms with Crippen LogP contribution in [0.25, 0.3) is 0 Å². The molecule has 1 aliphatic carbocycles. The second-order valence-electron chi connectivity index (χ2n) is 7.20. The number of fused-ring (bicyclic) bond motifs is 1. The molecule has 27 heavy (non-hydrogen) atoms. The van der Waals surface area contributed by atoms with Gasteiger partial charge in [0.15, 0.2) is 6.04 Å². The highest BCUT2D eigenvalue weighted by molar-refractivity contribution is 5.82. The quantitative estimate of drug-likeness (QED) is 0.798. The van der Waals surface area contributed by atoms with Crippen LogP contribution in [0.1, 0.15) is 19.3 Å². The molecule has 7 nitrogen and oxygen atoms in total. The van der Waals surface area contributed by atoms with E-state index in [9.17, 15) is 14.7 Å². The summed E-state index contributed by atoms with van der Waals surface area (Å²) in [5.41, 5.74) is 0.692. The molecule has 5 atom stereocenters. The van der Waals surface area contributed by atoms with Gasteiger partial charge in [0.25, 0.3) is 0 Å². The van der Waals surface area contributed by atoms with Crippen molar-refractivity contribution in [2.75, 3.05) is 32.8 Å². The van der Waals surface area contributed by atoms with Crippen LogP contribution < -0.4 is 9.64 Å². The Morgan fingerprint density at radius 3 is 2.44 bits per heavy atom. The molecule has 0 radical (unpaired) electrons. The van der Waals surface area contributed by atoms with E-state index in [1.54, 1.807) is 24.1 Å². The first-order chi connectivity index (χ1) is 13.0. The van der Waals surface area contributed by atoms with Crippen molar-refractivity contribution >= 4 is 17.6 Å². The summed E-state index contributed by atoms with van der Waals surface area (Å²) in [6.07, 6.45) is 1.61. The van der Waals surface area contributed by atoms with Crippen molar-refractivity contribution in [2.45, 2.75) is 31.4 Å². The van der Waals surface area contributed by atoms with Crippen LogP contribution in [-0.2, 0) is 19.1 Å². The lowest BCUT2D eigenvalue weighted by Crippen LogP contribution is -2.51. The number of hydrogen-bond acceptors (Lipinski definition) is 7. The second kappa shape index (κ2) is 8.17. The molecule has 1 saturated carbocycles. The maximum Gasteiger partial charge on any atom is 0.331 e. The maximum atomic E-state index is 12.6. The minimum atomic E-state index is -0.925. The number of benzene rings is 1. The first kappa shape index (κ1) is 19.5. The second-order valence-corrected chi connectivity index (χ2v) is 7.20. The molecule has 7 heteroatoms. The summed E-state index contributed by atoms with van der Waals surface area (Å²) < 4.78 is 15.4. The van der Waals surface area contributed by atoms with Crippen molar-refractivity contribution < 1.29 is 28.9 Å². The first-order valence-electron chi connectivity index (χ1n) is 9.26. The van der Waals surface area contributed by atoms with Crippen molar-refractivity contribution in [1.29, 1.82) is 0 Å². The van der Waals surface area contributed by atoms with Crippen LogP contribution >= 0.6 is 0 Å². The lowest BCUT2D eigenvalue weighted by molar-refractivity contribution is -0.147. The molecule has 1 N–H and O–H groups in total. The summed E-state index contributed by atoms with van der Waals surface area (Å²) in [4.78, 5) is 26.9. The van der Waals surface area contributed by atoms with E-state index in [1.807, 2.05) is 12.1 Å². The Balaban J connectivity index is 2.08. The molecule has 0 spiro atoms. The number of nitrogens with zero attached hydrogens (tertiary/aromatic N) is 1. The Bertz CT molecular complexity index is 693. The van der Waals surface area contributed by atoms with Crippen LogP contribution in [0.3, 0.4) is 0 Å². The number of carbonyl (C=O) groups excluding carboxylic acids is 2. The van der Waals surface area contributed by atoms with Gasteiger partial charge in [0.05, 0.1) is 33.4 Å². The Labute approximate surface area is 159 Å². The summed E-state index contributed by atoms with van der Waals surface area (Å²) in [7, 11) is 4.25. The van der Waals surface area contributed by atoms with Crippen LogP contribution in [0.4, 0.5) is 5.69 Å². The molecule has 2 aliphatic rings. The van der Waals surface area contributed by atoms with Crippen molar-refractivity contribution in [3.63, 3.8) is 0 Å². The summed E-state index contributed by atoms with van der Waals surface area (Å²) in [6, 6.07) is 6.35. The Kier molecular flexibility index (Phi) is 5.89. The van der Waals surface area contributed by atoms with Gasteiger partial charge in [-0.25, -0.2) is 4.79 Å². The lowest BCUT2D eigenvalue weighted by Gasteiger charge is -2.34. The van der Waals surface area contributed by atoms with Crippen LogP contribution in [0.15, 0.2) is 24.3 Å². The highest BCUT2D eigenvalue weighted by Crippen LogP contribution is 2.45. The minimum Gasteiger partial charge on any atom is -0.497 e. The van der Waals surface area contributed by atoms with Gasteiger partial charge in [0.2, 0.25) is 0 Å². The van der Waals surface area contributed by atoms with Gasteiger partial charge in [-0.3, -0.25) is 4.79 Å². The predicted molar refractivity (Wildman–Crippen MR) is 98.5 cm³/mol. The molecule has 1 aromatic carbocycles. The van der Waals surface area contributed by atoms with Gasteiger partial charge in [0, 0.05) is 18.3 Å². The molecule has 2 fully saturated rings. The van der Waals surface area contributed by atoms with Crippen LogP contribution in [0, 0.1) is 17.8 Å². The molecular formula is C20H27NO6. The third-order valence-corrected chi connectivity index (χ3v) is 5.96.